The molecule has 3 aromatic carbocycles. The lowest BCUT2D eigenvalue weighted by atomic mass is 9.97. The number of ether oxygens (including phenoxy) is 1. The lowest BCUT2D eigenvalue weighted by Gasteiger charge is -2.28. The van der Waals surface area contributed by atoms with Crippen LogP contribution in [0.15, 0.2) is 78.9 Å². The minimum Gasteiger partial charge on any atom is -0.497 e. The molecule has 0 heterocycles. The molecule has 0 aliphatic rings. The summed E-state index contributed by atoms with van der Waals surface area (Å²) in [4.78, 5) is 14.6. The number of nitrogens with one attached hydrogen (secondary N) is 1. The Labute approximate surface area is 170 Å². The van der Waals surface area contributed by atoms with Crippen LogP contribution in [0.1, 0.15) is 17.2 Å². The minimum absolute atomic E-state index is 0.0555. The fourth-order valence-electron chi connectivity index (χ4n) is 3.17. The van der Waals surface area contributed by atoms with E-state index >= 15 is 0 Å². The largest absolute Gasteiger partial charge is 0.497 e. The van der Waals surface area contributed by atoms with Gasteiger partial charge in [0.1, 0.15) is 5.75 Å². The molecule has 0 saturated heterocycles. The summed E-state index contributed by atoms with van der Waals surface area (Å²) in [6.07, 6.45) is 0. The van der Waals surface area contributed by atoms with Crippen molar-refractivity contribution in [3.63, 3.8) is 0 Å². The molecule has 0 spiro atoms. The highest BCUT2D eigenvalue weighted by Crippen LogP contribution is 2.28. The number of carbonyl (C=O) groups excluding carboxylic acids is 1. The standard InChI is InChI=1S/C23H23ClN2O2/c1-26(16-22(27)25-20-12-14-21(28-2)15-13-20)23(17-6-4-3-5-7-17)18-8-10-19(24)11-9-18/h3-15,23H,16H2,1-2H3,(H,25,27). The fourth-order valence-corrected chi connectivity index (χ4v) is 3.30. The van der Waals surface area contributed by atoms with Gasteiger partial charge in [-0.1, -0.05) is 54.1 Å². The Morgan fingerprint density at radius 2 is 1.57 bits per heavy atom. The summed E-state index contributed by atoms with van der Waals surface area (Å²) in [7, 11) is 3.56. The molecule has 0 aliphatic carbocycles. The van der Waals surface area contributed by atoms with Crippen molar-refractivity contribution in [1.82, 2.24) is 4.90 Å². The third kappa shape index (κ3) is 5.12. The Kier molecular flexibility index (Phi) is 6.69. The molecule has 3 aromatic rings. The van der Waals surface area contributed by atoms with E-state index in [1.165, 1.54) is 0 Å². The molecule has 0 bridgehead atoms. The molecule has 5 heteroatoms. The molecular weight excluding hydrogens is 372 g/mol. The molecule has 0 aromatic heterocycles. The highest BCUT2D eigenvalue weighted by atomic mass is 35.5. The average Bonchev–Trinajstić information content (AvgIpc) is 2.71. The van der Waals surface area contributed by atoms with Crippen LogP contribution in [0.3, 0.4) is 0 Å². The maximum Gasteiger partial charge on any atom is 0.238 e. The monoisotopic (exact) mass is 394 g/mol. The lowest BCUT2D eigenvalue weighted by Crippen LogP contribution is -2.33. The van der Waals surface area contributed by atoms with Crippen molar-refractivity contribution in [1.29, 1.82) is 0 Å². The fraction of sp³-hybridized carbons (Fsp3) is 0.174. The number of methoxy groups -OCH3 is 1. The van der Waals surface area contributed by atoms with Gasteiger partial charge in [-0.2, -0.15) is 0 Å². The number of benzene rings is 3. The number of halogens is 1. The summed E-state index contributed by atoms with van der Waals surface area (Å²) < 4.78 is 5.15. The second kappa shape index (κ2) is 9.40. The van der Waals surface area contributed by atoms with Crippen molar-refractivity contribution in [3.8, 4) is 5.75 Å². The summed E-state index contributed by atoms with van der Waals surface area (Å²) >= 11 is 6.05. The van der Waals surface area contributed by atoms with Gasteiger partial charge in [-0.25, -0.2) is 0 Å². The Morgan fingerprint density at radius 3 is 2.18 bits per heavy atom. The van der Waals surface area contributed by atoms with Gasteiger partial charge in [0.25, 0.3) is 0 Å². The second-order valence-electron chi connectivity index (χ2n) is 6.56. The molecule has 1 N–H and O–H groups in total. The molecule has 1 unspecified atom stereocenters. The van der Waals surface area contributed by atoms with Gasteiger partial charge in [0.2, 0.25) is 5.91 Å². The molecule has 3 rings (SSSR count). The predicted octanol–water partition coefficient (Wildman–Crippen LogP) is 5.01. The molecule has 0 aliphatic heterocycles. The van der Waals surface area contributed by atoms with Gasteiger partial charge in [0.05, 0.1) is 19.7 Å². The molecule has 0 saturated carbocycles. The van der Waals surface area contributed by atoms with E-state index in [1.807, 2.05) is 78.7 Å². The third-order valence-electron chi connectivity index (χ3n) is 4.51. The molecule has 1 amide bonds. The molecule has 0 radical (unpaired) electrons. The number of hydrogen-bond donors (Lipinski definition) is 1. The van der Waals surface area contributed by atoms with E-state index in [9.17, 15) is 4.79 Å². The number of anilines is 1. The summed E-state index contributed by atoms with van der Waals surface area (Å²) in [6, 6.07) is 25.1. The summed E-state index contributed by atoms with van der Waals surface area (Å²) in [5, 5.41) is 3.62. The highest BCUT2D eigenvalue weighted by molar-refractivity contribution is 6.30. The Bertz CT molecular complexity index is 896. The summed E-state index contributed by atoms with van der Waals surface area (Å²) in [6.45, 7) is 0.244. The van der Waals surface area contributed by atoms with Gasteiger partial charge in [-0.15, -0.1) is 0 Å². The molecule has 144 valence electrons. The van der Waals surface area contributed by atoms with Crippen molar-refractivity contribution >= 4 is 23.2 Å². The van der Waals surface area contributed by atoms with Crippen LogP contribution in [-0.4, -0.2) is 31.5 Å². The van der Waals surface area contributed by atoms with Crippen LogP contribution in [0.2, 0.25) is 5.02 Å². The van der Waals surface area contributed by atoms with E-state index in [2.05, 4.69) is 17.4 Å². The zero-order valence-corrected chi connectivity index (χ0v) is 16.7. The maximum absolute atomic E-state index is 12.6. The number of nitrogens with zero attached hydrogens (tertiary/aromatic N) is 1. The average molecular weight is 395 g/mol. The third-order valence-corrected chi connectivity index (χ3v) is 4.76. The predicted molar refractivity (Wildman–Crippen MR) is 114 cm³/mol. The SMILES string of the molecule is COc1ccc(NC(=O)CN(C)C(c2ccccc2)c2ccc(Cl)cc2)cc1. The van der Waals surface area contributed by atoms with E-state index in [1.54, 1.807) is 7.11 Å². The van der Waals surface area contributed by atoms with E-state index in [-0.39, 0.29) is 18.5 Å². The number of likely N-dealkylation sites (N-methyl/N-ethyl adjacent to an activating group) is 1. The van der Waals surface area contributed by atoms with Crippen LogP contribution in [0.5, 0.6) is 5.75 Å². The molecule has 4 nitrogen and oxygen atoms in total. The molecule has 0 fully saturated rings. The first kappa shape index (κ1) is 19.9. The first-order valence-electron chi connectivity index (χ1n) is 9.01. The van der Waals surface area contributed by atoms with Crippen LogP contribution >= 0.6 is 11.6 Å². The summed E-state index contributed by atoms with van der Waals surface area (Å²) in [5.74, 6) is 0.671. The van der Waals surface area contributed by atoms with Crippen LogP contribution in [-0.2, 0) is 4.79 Å². The first-order valence-corrected chi connectivity index (χ1v) is 9.39. The molecule has 28 heavy (non-hydrogen) atoms. The van der Waals surface area contributed by atoms with Crippen molar-refractivity contribution < 1.29 is 9.53 Å². The number of carbonyl (C=O) groups is 1. The zero-order valence-electron chi connectivity index (χ0n) is 15.9. The Hall–Kier alpha value is -2.82. The lowest BCUT2D eigenvalue weighted by molar-refractivity contribution is -0.117. The van der Waals surface area contributed by atoms with Gasteiger partial charge in [0, 0.05) is 10.7 Å². The van der Waals surface area contributed by atoms with E-state index in [4.69, 9.17) is 16.3 Å². The minimum atomic E-state index is -0.0810. The maximum atomic E-state index is 12.6. The summed E-state index contributed by atoms with van der Waals surface area (Å²) in [5.41, 5.74) is 2.93. The molecular formula is C23H23ClN2O2. The second-order valence-corrected chi connectivity index (χ2v) is 6.99. The Balaban J connectivity index is 1.76. The topological polar surface area (TPSA) is 41.6 Å². The van der Waals surface area contributed by atoms with E-state index in [0.717, 1.165) is 22.6 Å². The van der Waals surface area contributed by atoms with Gasteiger partial charge >= 0.3 is 0 Å². The smallest absolute Gasteiger partial charge is 0.238 e. The van der Waals surface area contributed by atoms with E-state index < -0.39 is 0 Å². The van der Waals surface area contributed by atoms with Crippen molar-refractivity contribution in [3.05, 3.63) is 95.0 Å². The van der Waals surface area contributed by atoms with Crippen molar-refractivity contribution in [2.75, 3.05) is 26.0 Å². The van der Waals surface area contributed by atoms with E-state index in [0.29, 0.717) is 5.02 Å². The zero-order chi connectivity index (χ0) is 19.9. The van der Waals surface area contributed by atoms with Crippen LogP contribution < -0.4 is 10.1 Å². The quantitative estimate of drug-likeness (QED) is 0.612. The van der Waals surface area contributed by atoms with Crippen LogP contribution in [0, 0.1) is 0 Å². The normalized spacial score (nSPS) is 11.9. The van der Waals surface area contributed by atoms with Gasteiger partial charge in [-0.05, 0) is 54.6 Å². The highest BCUT2D eigenvalue weighted by Gasteiger charge is 2.21. The van der Waals surface area contributed by atoms with Gasteiger partial charge in [0.15, 0.2) is 0 Å². The van der Waals surface area contributed by atoms with Gasteiger partial charge < -0.3 is 10.1 Å². The number of hydrogen-bond acceptors (Lipinski definition) is 3. The number of rotatable bonds is 7. The van der Waals surface area contributed by atoms with Crippen molar-refractivity contribution in [2.45, 2.75) is 6.04 Å². The van der Waals surface area contributed by atoms with Crippen LogP contribution in [0.4, 0.5) is 5.69 Å². The van der Waals surface area contributed by atoms with Crippen molar-refractivity contribution in [2.24, 2.45) is 0 Å². The Morgan fingerprint density at radius 1 is 0.964 bits per heavy atom. The molecule has 1 atom stereocenters. The van der Waals surface area contributed by atoms with Crippen LogP contribution in [0.25, 0.3) is 0 Å². The number of amides is 1. The first-order chi connectivity index (χ1) is 13.6. The van der Waals surface area contributed by atoms with Gasteiger partial charge in [-0.3, -0.25) is 9.69 Å².